The first-order chi connectivity index (χ1) is 11.8. The zero-order valence-corrected chi connectivity index (χ0v) is 16.6. The molecule has 0 fully saturated rings. The van der Waals surface area contributed by atoms with Crippen LogP contribution in [0, 0.1) is 11.3 Å². The van der Waals surface area contributed by atoms with E-state index in [9.17, 15) is 5.26 Å². The van der Waals surface area contributed by atoms with Gasteiger partial charge in [0, 0.05) is 27.9 Å². The second-order valence-electron chi connectivity index (χ2n) is 6.85. The number of nitrogens with zero attached hydrogens (tertiary/aromatic N) is 4. The number of halogens is 2. The molecule has 0 bridgehead atoms. The number of aromatic nitrogens is 2. The molecule has 3 rings (SSSR count). The SMILES string of the molecule is CC(C)(C)N=c1c(C#N)c(-c2cc(Cl)cc(Cl)c2)nc2n1CCCS2. The normalized spacial score (nSPS) is 15.0. The molecule has 1 aromatic carbocycles. The summed E-state index contributed by atoms with van der Waals surface area (Å²) in [5.74, 6) is 1.00. The Balaban J connectivity index is 2.39. The minimum Gasteiger partial charge on any atom is -0.305 e. The van der Waals surface area contributed by atoms with Crippen LogP contribution in [0.4, 0.5) is 0 Å². The first-order valence-electron chi connectivity index (χ1n) is 7.98. The van der Waals surface area contributed by atoms with Gasteiger partial charge in [-0.3, -0.25) is 4.99 Å². The Labute approximate surface area is 161 Å². The molecule has 0 aliphatic carbocycles. The van der Waals surface area contributed by atoms with Gasteiger partial charge in [-0.15, -0.1) is 0 Å². The number of nitriles is 1. The molecular formula is C18H18Cl2N4S. The highest BCUT2D eigenvalue weighted by Gasteiger charge is 2.21. The predicted molar refractivity (Wildman–Crippen MR) is 103 cm³/mol. The van der Waals surface area contributed by atoms with Crippen LogP contribution in [0.15, 0.2) is 28.3 Å². The molecule has 0 unspecified atom stereocenters. The summed E-state index contributed by atoms with van der Waals surface area (Å²) in [5.41, 5.74) is 2.14. The number of hydrogen-bond acceptors (Lipinski definition) is 4. The smallest absolute Gasteiger partial charge is 0.170 e. The molecule has 7 heteroatoms. The molecule has 4 nitrogen and oxygen atoms in total. The summed E-state index contributed by atoms with van der Waals surface area (Å²) in [6.07, 6.45) is 1.03. The number of thioether (sulfide) groups is 1. The first kappa shape index (κ1) is 18.3. The van der Waals surface area contributed by atoms with E-state index >= 15 is 0 Å². The molecule has 0 amide bonds. The zero-order valence-electron chi connectivity index (χ0n) is 14.3. The van der Waals surface area contributed by atoms with E-state index in [-0.39, 0.29) is 5.54 Å². The summed E-state index contributed by atoms with van der Waals surface area (Å²) in [6.45, 7) is 6.88. The average molecular weight is 393 g/mol. The van der Waals surface area contributed by atoms with Gasteiger partial charge in [-0.05, 0) is 45.4 Å². The van der Waals surface area contributed by atoms with Gasteiger partial charge >= 0.3 is 0 Å². The van der Waals surface area contributed by atoms with Crippen molar-refractivity contribution in [3.63, 3.8) is 0 Å². The third-order valence-electron chi connectivity index (χ3n) is 3.60. The molecule has 0 spiro atoms. The third kappa shape index (κ3) is 4.03. The maximum absolute atomic E-state index is 9.86. The molecule has 1 aliphatic heterocycles. The number of hydrogen-bond donors (Lipinski definition) is 0. The summed E-state index contributed by atoms with van der Waals surface area (Å²) in [5, 5.41) is 11.8. The van der Waals surface area contributed by atoms with Crippen molar-refractivity contribution in [2.75, 3.05) is 5.75 Å². The second-order valence-corrected chi connectivity index (χ2v) is 8.78. The lowest BCUT2D eigenvalue weighted by Crippen LogP contribution is -2.33. The van der Waals surface area contributed by atoms with E-state index in [2.05, 4.69) is 6.07 Å². The topological polar surface area (TPSA) is 54.0 Å². The molecular weight excluding hydrogens is 375 g/mol. The number of rotatable bonds is 1. The van der Waals surface area contributed by atoms with Crippen LogP contribution in [0.25, 0.3) is 11.3 Å². The predicted octanol–water partition coefficient (Wildman–Crippen LogP) is 4.92. The van der Waals surface area contributed by atoms with Crippen LogP contribution < -0.4 is 5.49 Å². The van der Waals surface area contributed by atoms with E-state index in [0.29, 0.717) is 26.8 Å². The highest BCUT2D eigenvalue weighted by atomic mass is 35.5. The highest BCUT2D eigenvalue weighted by Crippen LogP contribution is 2.30. The lowest BCUT2D eigenvalue weighted by atomic mass is 10.1. The van der Waals surface area contributed by atoms with Gasteiger partial charge in [0.1, 0.15) is 11.6 Å². The van der Waals surface area contributed by atoms with Crippen molar-refractivity contribution in [2.45, 2.75) is 44.4 Å². The monoisotopic (exact) mass is 392 g/mol. The van der Waals surface area contributed by atoms with Crippen LogP contribution in [-0.2, 0) is 6.54 Å². The Kier molecular flexibility index (Phi) is 5.15. The van der Waals surface area contributed by atoms with Crippen molar-refractivity contribution in [1.29, 1.82) is 5.26 Å². The molecule has 130 valence electrons. The van der Waals surface area contributed by atoms with Crippen LogP contribution in [-0.4, -0.2) is 20.8 Å². The lowest BCUT2D eigenvalue weighted by Gasteiger charge is -2.22. The van der Waals surface area contributed by atoms with Gasteiger partial charge in [0.15, 0.2) is 10.6 Å². The Hall–Kier alpha value is -1.48. The van der Waals surface area contributed by atoms with Gasteiger partial charge in [0.2, 0.25) is 0 Å². The molecule has 0 N–H and O–H groups in total. The second kappa shape index (κ2) is 7.03. The third-order valence-corrected chi connectivity index (χ3v) is 5.10. The van der Waals surface area contributed by atoms with E-state index in [4.69, 9.17) is 33.2 Å². The maximum atomic E-state index is 9.86. The summed E-state index contributed by atoms with van der Waals surface area (Å²) in [4.78, 5) is 9.58. The van der Waals surface area contributed by atoms with Gasteiger partial charge in [-0.25, -0.2) is 4.98 Å². The van der Waals surface area contributed by atoms with Gasteiger partial charge in [-0.1, -0.05) is 35.0 Å². The van der Waals surface area contributed by atoms with Crippen LogP contribution in [0.2, 0.25) is 10.0 Å². The average Bonchev–Trinajstić information content (AvgIpc) is 2.52. The van der Waals surface area contributed by atoms with Crippen LogP contribution in [0.5, 0.6) is 0 Å². The largest absolute Gasteiger partial charge is 0.305 e. The fourth-order valence-electron chi connectivity index (χ4n) is 2.68. The standard InChI is InChI=1S/C18H18Cl2N4S/c1-18(2,3)23-16-14(10-21)15(11-7-12(19)9-13(20)8-11)22-17-24(16)5-4-6-25-17/h7-9H,4-6H2,1-3H3. The maximum Gasteiger partial charge on any atom is 0.170 e. The van der Waals surface area contributed by atoms with E-state index < -0.39 is 0 Å². The van der Waals surface area contributed by atoms with E-state index in [1.54, 1.807) is 30.0 Å². The van der Waals surface area contributed by atoms with Crippen LogP contribution >= 0.6 is 35.0 Å². The van der Waals surface area contributed by atoms with Gasteiger partial charge in [0.05, 0.1) is 11.2 Å². The summed E-state index contributed by atoms with van der Waals surface area (Å²) < 4.78 is 2.05. The number of benzene rings is 1. The summed E-state index contributed by atoms with van der Waals surface area (Å²) in [7, 11) is 0. The Morgan fingerprint density at radius 2 is 1.92 bits per heavy atom. The van der Waals surface area contributed by atoms with Crippen molar-refractivity contribution in [2.24, 2.45) is 4.99 Å². The van der Waals surface area contributed by atoms with E-state index in [0.717, 1.165) is 29.4 Å². The fourth-order valence-corrected chi connectivity index (χ4v) is 4.15. The molecule has 1 aromatic heterocycles. The molecule has 0 saturated carbocycles. The van der Waals surface area contributed by atoms with E-state index in [1.807, 2.05) is 25.3 Å². The Morgan fingerprint density at radius 3 is 2.52 bits per heavy atom. The quantitative estimate of drug-likeness (QED) is 0.646. The van der Waals surface area contributed by atoms with Gasteiger partial charge in [0.25, 0.3) is 0 Å². The lowest BCUT2D eigenvalue weighted by molar-refractivity contribution is 0.504. The molecule has 2 aromatic rings. The van der Waals surface area contributed by atoms with Crippen molar-refractivity contribution >= 4 is 35.0 Å². The highest BCUT2D eigenvalue weighted by molar-refractivity contribution is 7.99. The van der Waals surface area contributed by atoms with Crippen LogP contribution in [0.3, 0.4) is 0 Å². The minimum atomic E-state index is -0.306. The van der Waals surface area contributed by atoms with Gasteiger partial charge < -0.3 is 4.57 Å². The fraction of sp³-hybridized carbons (Fsp3) is 0.389. The Morgan fingerprint density at radius 1 is 1.24 bits per heavy atom. The molecule has 0 atom stereocenters. The summed E-state index contributed by atoms with van der Waals surface area (Å²) >= 11 is 14.0. The van der Waals surface area contributed by atoms with Crippen molar-refractivity contribution in [3.8, 4) is 17.3 Å². The van der Waals surface area contributed by atoms with Crippen LogP contribution in [0.1, 0.15) is 32.8 Å². The van der Waals surface area contributed by atoms with Crippen molar-refractivity contribution in [1.82, 2.24) is 9.55 Å². The number of fused-ring (bicyclic) bond motifs is 1. The molecule has 0 radical (unpaired) electrons. The molecule has 0 saturated heterocycles. The molecule has 1 aliphatic rings. The minimum absolute atomic E-state index is 0.306. The van der Waals surface area contributed by atoms with Gasteiger partial charge in [-0.2, -0.15) is 5.26 Å². The Bertz CT molecular complexity index is 916. The zero-order chi connectivity index (χ0) is 18.2. The van der Waals surface area contributed by atoms with E-state index in [1.165, 1.54) is 0 Å². The summed E-state index contributed by atoms with van der Waals surface area (Å²) in [6, 6.07) is 7.53. The first-order valence-corrected chi connectivity index (χ1v) is 9.73. The molecule has 2 heterocycles. The molecule has 25 heavy (non-hydrogen) atoms. The van der Waals surface area contributed by atoms with Crippen molar-refractivity contribution < 1.29 is 0 Å². The van der Waals surface area contributed by atoms with Crippen molar-refractivity contribution in [3.05, 3.63) is 39.3 Å².